The summed E-state index contributed by atoms with van der Waals surface area (Å²) in [5.41, 5.74) is 0.269. The fraction of sp³-hybridized carbons (Fsp3) is 0.529. The lowest BCUT2D eigenvalue weighted by molar-refractivity contribution is -0.145. The van der Waals surface area contributed by atoms with Crippen LogP contribution in [-0.4, -0.2) is 37.2 Å². The van der Waals surface area contributed by atoms with E-state index in [0.29, 0.717) is 24.0 Å². The molecule has 1 aliphatic rings. The van der Waals surface area contributed by atoms with Crippen molar-refractivity contribution in [1.82, 2.24) is 5.32 Å². The number of rotatable bonds is 4. The molecule has 0 spiro atoms. The van der Waals surface area contributed by atoms with Crippen LogP contribution in [0.25, 0.3) is 0 Å². The molecule has 1 amide bonds. The maximum absolute atomic E-state index is 12.7. The molecule has 0 heterocycles. The average Bonchev–Trinajstić information content (AvgIpc) is 2.49. The molecule has 24 heavy (non-hydrogen) atoms. The Morgan fingerprint density at radius 3 is 2.21 bits per heavy atom. The summed E-state index contributed by atoms with van der Waals surface area (Å²) in [4.78, 5) is 24.5. The third-order valence-corrected chi connectivity index (χ3v) is 5.87. The van der Waals surface area contributed by atoms with E-state index in [1.165, 1.54) is 12.1 Å². The van der Waals surface area contributed by atoms with Gasteiger partial charge >= 0.3 is 5.97 Å². The Balaban J connectivity index is 2.42. The highest BCUT2D eigenvalue weighted by Gasteiger charge is 2.41. The van der Waals surface area contributed by atoms with Gasteiger partial charge in [-0.15, -0.1) is 0 Å². The highest BCUT2D eigenvalue weighted by atomic mass is 32.2. The number of sulfone groups is 1. The van der Waals surface area contributed by atoms with E-state index in [-0.39, 0.29) is 10.5 Å². The van der Waals surface area contributed by atoms with Gasteiger partial charge in [-0.3, -0.25) is 4.79 Å². The first kappa shape index (κ1) is 18.4. The summed E-state index contributed by atoms with van der Waals surface area (Å²) in [6, 6.07) is 2.85. The Labute approximate surface area is 142 Å². The van der Waals surface area contributed by atoms with Crippen LogP contribution < -0.4 is 5.32 Å². The van der Waals surface area contributed by atoms with Crippen LogP contribution in [0.5, 0.6) is 0 Å². The third kappa shape index (κ3) is 3.61. The second-order valence-electron chi connectivity index (χ2n) is 6.59. The predicted molar refractivity (Wildman–Crippen MR) is 89.9 cm³/mol. The van der Waals surface area contributed by atoms with E-state index in [0.717, 1.165) is 25.5 Å². The van der Waals surface area contributed by atoms with Crippen LogP contribution in [0.2, 0.25) is 0 Å². The number of carboxylic acid groups (broad SMARTS) is 1. The van der Waals surface area contributed by atoms with Crippen molar-refractivity contribution in [3.8, 4) is 0 Å². The fourth-order valence-corrected chi connectivity index (χ4v) is 3.83. The summed E-state index contributed by atoms with van der Waals surface area (Å²) in [5.74, 6) is -1.57. The molecular formula is C17H23NO5S. The van der Waals surface area contributed by atoms with E-state index >= 15 is 0 Å². The van der Waals surface area contributed by atoms with E-state index in [1.807, 2.05) is 0 Å². The minimum atomic E-state index is -3.46. The summed E-state index contributed by atoms with van der Waals surface area (Å²) in [6.45, 7) is 3.46. The van der Waals surface area contributed by atoms with Gasteiger partial charge in [0, 0.05) is 11.8 Å². The zero-order chi connectivity index (χ0) is 18.1. The van der Waals surface area contributed by atoms with Gasteiger partial charge in [-0.05, 0) is 49.9 Å². The number of aliphatic carboxylic acids is 1. The van der Waals surface area contributed by atoms with Crippen LogP contribution in [0.3, 0.4) is 0 Å². The molecule has 1 aromatic rings. The largest absolute Gasteiger partial charge is 0.480 e. The molecule has 1 saturated carbocycles. The Hall–Kier alpha value is -1.89. The number of carbonyl (C=O) groups excluding carboxylic acids is 1. The van der Waals surface area contributed by atoms with Crippen molar-refractivity contribution in [1.29, 1.82) is 0 Å². The average molecular weight is 353 g/mol. The van der Waals surface area contributed by atoms with Crippen LogP contribution >= 0.6 is 0 Å². The van der Waals surface area contributed by atoms with E-state index in [1.54, 1.807) is 13.8 Å². The standard InChI is InChI=1S/C17H23NO5S/c1-11-9-13(24(3,22)23)10-14(12(11)2)15(19)18-17(16(20)21)7-5-4-6-8-17/h9-10H,4-8H2,1-3H3,(H,18,19)(H,20,21). The summed E-state index contributed by atoms with van der Waals surface area (Å²) < 4.78 is 23.6. The number of carbonyl (C=O) groups is 2. The van der Waals surface area contributed by atoms with Crippen LogP contribution in [0.1, 0.15) is 53.6 Å². The van der Waals surface area contributed by atoms with Crippen LogP contribution in [0, 0.1) is 13.8 Å². The van der Waals surface area contributed by atoms with Crippen molar-refractivity contribution in [2.24, 2.45) is 0 Å². The van der Waals surface area contributed by atoms with Gasteiger partial charge < -0.3 is 10.4 Å². The molecular weight excluding hydrogens is 330 g/mol. The smallest absolute Gasteiger partial charge is 0.329 e. The summed E-state index contributed by atoms with van der Waals surface area (Å²) in [7, 11) is -3.46. The van der Waals surface area contributed by atoms with Crippen molar-refractivity contribution in [2.75, 3.05) is 6.26 Å². The molecule has 0 bridgehead atoms. The molecule has 0 aliphatic heterocycles. The van der Waals surface area contributed by atoms with Crippen LogP contribution in [-0.2, 0) is 14.6 Å². The van der Waals surface area contributed by atoms with Gasteiger partial charge in [0.1, 0.15) is 5.54 Å². The Kier molecular flexibility index (Phi) is 5.03. The topological polar surface area (TPSA) is 101 Å². The second kappa shape index (κ2) is 6.55. The quantitative estimate of drug-likeness (QED) is 0.864. The molecule has 2 N–H and O–H groups in total. The lowest BCUT2D eigenvalue weighted by Gasteiger charge is -2.34. The maximum Gasteiger partial charge on any atom is 0.329 e. The molecule has 6 nitrogen and oxygen atoms in total. The lowest BCUT2D eigenvalue weighted by atomic mass is 9.81. The molecule has 1 aliphatic carbocycles. The van der Waals surface area contributed by atoms with Crippen LogP contribution in [0.15, 0.2) is 17.0 Å². The zero-order valence-corrected chi connectivity index (χ0v) is 15.0. The van der Waals surface area contributed by atoms with Crippen molar-refractivity contribution >= 4 is 21.7 Å². The molecule has 0 aromatic heterocycles. The van der Waals surface area contributed by atoms with Gasteiger partial charge in [0.25, 0.3) is 5.91 Å². The Morgan fingerprint density at radius 2 is 1.71 bits per heavy atom. The van der Waals surface area contributed by atoms with Gasteiger partial charge in [-0.25, -0.2) is 13.2 Å². The van der Waals surface area contributed by atoms with Crippen molar-refractivity contribution in [2.45, 2.75) is 56.4 Å². The molecule has 2 rings (SSSR count). The van der Waals surface area contributed by atoms with Crippen molar-refractivity contribution in [3.63, 3.8) is 0 Å². The fourth-order valence-electron chi connectivity index (χ4n) is 3.11. The normalized spacial score (nSPS) is 17.3. The highest BCUT2D eigenvalue weighted by Crippen LogP contribution is 2.29. The number of amides is 1. The first-order valence-corrected chi connectivity index (χ1v) is 9.83. The number of hydrogen-bond acceptors (Lipinski definition) is 4. The first-order valence-electron chi connectivity index (χ1n) is 7.94. The highest BCUT2D eigenvalue weighted by molar-refractivity contribution is 7.90. The Morgan fingerprint density at radius 1 is 1.12 bits per heavy atom. The van der Waals surface area contributed by atoms with Crippen molar-refractivity contribution < 1.29 is 23.1 Å². The van der Waals surface area contributed by atoms with Gasteiger partial charge in [0.05, 0.1) is 4.90 Å². The van der Waals surface area contributed by atoms with E-state index in [4.69, 9.17) is 0 Å². The molecule has 0 saturated heterocycles. The predicted octanol–water partition coefficient (Wildman–Crippen LogP) is 2.22. The number of hydrogen-bond donors (Lipinski definition) is 2. The second-order valence-corrected chi connectivity index (χ2v) is 8.60. The lowest BCUT2D eigenvalue weighted by Crippen LogP contribution is -2.55. The number of nitrogens with one attached hydrogen (secondary N) is 1. The SMILES string of the molecule is Cc1cc(S(C)(=O)=O)cc(C(=O)NC2(C(=O)O)CCCCC2)c1C. The molecule has 0 atom stereocenters. The van der Waals surface area contributed by atoms with Gasteiger partial charge in [-0.2, -0.15) is 0 Å². The van der Waals surface area contributed by atoms with E-state index in [2.05, 4.69) is 5.32 Å². The van der Waals surface area contributed by atoms with E-state index < -0.39 is 27.3 Å². The molecule has 1 aromatic carbocycles. The zero-order valence-electron chi connectivity index (χ0n) is 14.2. The maximum atomic E-state index is 12.7. The Bertz CT molecular complexity index is 776. The number of benzene rings is 1. The summed E-state index contributed by atoms with van der Waals surface area (Å²) >= 11 is 0. The molecule has 0 radical (unpaired) electrons. The monoisotopic (exact) mass is 353 g/mol. The minimum Gasteiger partial charge on any atom is -0.480 e. The van der Waals surface area contributed by atoms with Gasteiger partial charge in [-0.1, -0.05) is 19.3 Å². The summed E-state index contributed by atoms with van der Waals surface area (Å²) in [5, 5.41) is 12.2. The molecule has 0 unspecified atom stereocenters. The van der Waals surface area contributed by atoms with Gasteiger partial charge in [0.2, 0.25) is 0 Å². The number of aryl methyl sites for hydroxylation is 1. The van der Waals surface area contributed by atoms with Gasteiger partial charge in [0.15, 0.2) is 9.84 Å². The van der Waals surface area contributed by atoms with Crippen LogP contribution in [0.4, 0.5) is 0 Å². The van der Waals surface area contributed by atoms with E-state index in [9.17, 15) is 23.1 Å². The summed E-state index contributed by atoms with van der Waals surface area (Å²) in [6.07, 6.45) is 4.29. The molecule has 7 heteroatoms. The number of carboxylic acids is 1. The van der Waals surface area contributed by atoms with Crippen molar-refractivity contribution in [3.05, 3.63) is 28.8 Å². The molecule has 132 valence electrons. The molecule has 1 fully saturated rings. The first-order chi connectivity index (χ1) is 11.1. The minimum absolute atomic E-state index is 0.0590. The third-order valence-electron chi connectivity index (χ3n) is 4.78.